The zero-order valence-electron chi connectivity index (χ0n) is 11.3. The minimum absolute atomic E-state index is 0.208. The van der Waals surface area contributed by atoms with Crippen LogP contribution in [0.5, 0.6) is 0 Å². The number of aromatic nitrogens is 2. The molecule has 6 heteroatoms. The molecular formula is C14H16BrFN4. The Balaban J connectivity index is 2.31. The fourth-order valence-corrected chi connectivity index (χ4v) is 2.42. The molecule has 0 aliphatic heterocycles. The SMILES string of the molecule is Cc1cc(C(Cc2ccc(Br)cc2F)NN)c(C)nn1. The quantitative estimate of drug-likeness (QED) is 0.664. The predicted octanol–water partition coefficient (Wildman–Crippen LogP) is 2.74. The Hall–Kier alpha value is -1.37. The molecule has 20 heavy (non-hydrogen) atoms. The highest BCUT2D eigenvalue weighted by Gasteiger charge is 2.16. The lowest BCUT2D eigenvalue weighted by Gasteiger charge is -2.18. The molecule has 3 N–H and O–H groups in total. The molecule has 0 amide bonds. The summed E-state index contributed by atoms with van der Waals surface area (Å²) < 4.78 is 14.6. The van der Waals surface area contributed by atoms with Crippen molar-refractivity contribution in [3.63, 3.8) is 0 Å². The summed E-state index contributed by atoms with van der Waals surface area (Å²) in [5.74, 6) is 5.37. The first-order valence-corrected chi connectivity index (χ1v) is 7.01. The van der Waals surface area contributed by atoms with Crippen LogP contribution in [0, 0.1) is 19.7 Å². The summed E-state index contributed by atoms with van der Waals surface area (Å²) in [5, 5.41) is 8.07. The number of benzene rings is 1. The van der Waals surface area contributed by atoms with Crippen molar-refractivity contribution in [1.82, 2.24) is 15.6 Å². The van der Waals surface area contributed by atoms with Gasteiger partial charge in [0.05, 0.1) is 17.4 Å². The lowest BCUT2D eigenvalue weighted by atomic mass is 9.98. The Labute approximate surface area is 125 Å². The van der Waals surface area contributed by atoms with Crippen molar-refractivity contribution in [2.75, 3.05) is 0 Å². The Morgan fingerprint density at radius 3 is 2.70 bits per heavy atom. The van der Waals surface area contributed by atoms with Crippen LogP contribution in [-0.4, -0.2) is 10.2 Å². The van der Waals surface area contributed by atoms with Gasteiger partial charge in [-0.15, -0.1) is 0 Å². The van der Waals surface area contributed by atoms with Gasteiger partial charge in [0.25, 0.3) is 0 Å². The van der Waals surface area contributed by atoms with Crippen LogP contribution < -0.4 is 11.3 Å². The second kappa shape index (κ2) is 6.39. The molecule has 1 aromatic heterocycles. The van der Waals surface area contributed by atoms with Gasteiger partial charge >= 0.3 is 0 Å². The first-order chi connectivity index (χ1) is 9.51. The first kappa shape index (κ1) is 15.0. The molecule has 0 fully saturated rings. The molecule has 0 bridgehead atoms. The van der Waals surface area contributed by atoms with Crippen LogP contribution in [0.25, 0.3) is 0 Å². The van der Waals surface area contributed by atoms with Crippen LogP contribution in [0.4, 0.5) is 4.39 Å². The Morgan fingerprint density at radius 1 is 1.30 bits per heavy atom. The summed E-state index contributed by atoms with van der Waals surface area (Å²) in [6.45, 7) is 3.73. The summed E-state index contributed by atoms with van der Waals surface area (Å²) in [6, 6.07) is 6.73. The number of halogens is 2. The standard InChI is InChI=1S/C14H16BrFN4/c1-8-5-12(9(2)20-19-8)14(18-17)6-10-3-4-11(15)7-13(10)16/h3-5,7,14,18H,6,17H2,1-2H3. The van der Waals surface area contributed by atoms with Gasteiger partial charge in [-0.2, -0.15) is 10.2 Å². The molecule has 0 saturated heterocycles. The van der Waals surface area contributed by atoms with Gasteiger partial charge in [0.2, 0.25) is 0 Å². The van der Waals surface area contributed by atoms with E-state index in [0.29, 0.717) is 16.5 Å². The molecule has 106 valence electrons. The topological polar surface area (TPSA) is 63.8 Å². The maximum atomic E-state index is 13.9. The third kappa shape index (κ3) is 3.39. The summed E-state index contributed by atoms with van der Waals surface area (Å²) >= 11 is 3.25. The van der Waals surface area contributed by atoms with Crippen LogP contribution in [0.2, 0.25) is 0 Å². The molecule has 4 nitrogen and oxygen atoms in total. The summed E-state index contributed by atoms with van der Waals surface area (Å²) in [7, 11) is 0. The molecule has 2 rings (SSSR count). The minimum atomic E-state index is -0.254. The number of nitrogens with two attached hydrogens (primary N) is 1. The fourth-order valence-electron chi connectivity index (χ4n) is 2.09. The first-order valence-electron chi connectivity index (χ1n) is 6.22. The molecule has 0 aliphatic rings. The molecule has 0 spiro atoms. The number of hydrogen-bond donors (Lipinski definition) is 2. The van der Waals surface area contributed by atoms with Crippen molar-refractivity contribution >= 4 is 15.9 Å². The van der Waals surface area contributed by atoms with Gasteiger partial charge in [-0.05, 0) is 49.6 Å². The average molecular weight is 339 g/mol. The zero-order valence-corrected chi connectivity index (χ0v) is 12.9. The Kier molecular flexibility index (Phi) is 4.80. The Bertz CT molecular complexity index is 618. The predicted molar refractivity (Wildman–Crippen MR) is 79.4 cm³/mol. The molecule has 1 heterocycles. The van der Waals surface area contributed by atoms with E-state index < -0.39 is 0 Å². The van der Waals surface area contributed by atoms with Crippen LogP contribution >= 0.6 is 15.9 Å². The maximum absolute atomic E-state index is 13.9. The number of rotatable bonds is 4. The minimum Gasteiger partial charge on any atom is -0.271 e. The van der Waals surface area contributed by atoms with E-state index in [0.717, 1.165) is 17.0 Å². The maximum Gasteiger partial charge on any atom is 0.127 e. The van der Waals surface area contributed by atoms with Gasteiger partial charge in [-0.3, -0.25) is 11.3 Å². The van der Waals surface area contributed by atoms with E-state index in [1.807, 2.05) is 26.0 Å². The fraction of sp³-hybridized carbons (Fsp3) is 0.286. The van der Waals surface area contributed by atoms with E-state index in [1.54, 1.807) is 6.07 Å². The van der Waals surface area contributed by atoms with E-state index in [2.05, 4.69) is 31.6 Å². The van der Waals surface area contributed by atoms with E-state index in [4.69, 9.17) is 5.84 Å². The number of nitrogens with one attached hydrogen (secondary N) is 1. The zero-order chi connectivity index (χ0) is 14.7. The molecular weight excluding hydrogens is 323 g/mol. The monoisotopic (exact) mass is 338 g/mol. The molecule has 1 aromatic carbocycles. The van der Waals surface area contributed by atoms with Crippen LogP contribution in [-0.2, 0) is 6.42 Å². The number of aryl methyl sites for hydroxylation is 2. The highest BCUT2D eigenvalue weighted by atomic mass is 79.9. The van der Waals surface area contributed by atoms with E-state index in [1.165, 1.54) is 6.07 Å². The normalized spacial score (nSPS) is 12.4. The number of nitrogens with zero attached hydrogens (tertiary/aromatic N) is 2. The smallest absolute Gasteiger partial charge is 0.127 e. The molecule has 0 aliphatic carbocycles. The lowest BCUT2D eigenvalue weighted by Crippen LogP contribution is -2.30. The van der Waals surface area contributed by atoms with Crippen molar-refractivity contribution in [2.24, 2.45) is 5.84 Å². The second-order valence-corrected chi connectivity index (χ2v) is 5.60. The largest absolute Gasteiger partial charge is 0.271 e. The van der Waals surface area contributed by atoms with Gasteiger partial charge in [0.15, 0.2) is 0 Å². The third-order valence-corrected chi connectivity index (χ3v) is 3.65. The molecule has 2 aromatic rings. The van der Waals surface area contributed by atoms with Gasteiger partial charge < -0.3 is 0 Å². The highest BCUT2D eigenvalue weighted by molar-refractivity contribution is 9.10. The van der Waals surface area contributed by atoms with Crippen molar-refractivity contribution in [1.29, 1.82) is 0 Å². The van der Waals surface area contributed by atoms with Crippen LogP contribution in [0.3, 0.4) is 0 Å². The number of hydrazine groups is 1. The van der Waals surface area contributed by atoms with Crippen LogP contribution in [0.1, 0.15) is 28.6 Å². The second-order valence-electron chi connectivity index (χ2n) is 4.69. The van der Waals surface area contributed by atoms with Gasteiger partial charge in [-0.1, -0.05) is 22.0 Å². The van der Waals surface area contributed by atoms with E-state index in [9.17, 15) is 4.39 Å². The average Bonchev–Trinajstić information content (AvgIpc) is 2.41. The number of hydrogen-bond acceptors (Lipinski definition) is 4. The highest BCUT2D eigenvalue weighted by Crippen LogP contribution is 2.23. The Morgan fingerprint density at radius 2 is 2.05 bits per heavy atom. The third-order valence-electron chi connectivity index (χ3n) is 3.16. The van der Waals surface area contributed by atoms with E-state index in [-0.39, 0.29) is 11.9 Å². The van der Waals surface area contributed by atoms with E-state index >= 15 is 0 Å². The van der Waals surface area contributed by atoms with Crippen molar-refractivity contribution in [3.8, 4) is 0 Å². The van der Waals surface area contributed by atoms with Crippen molar-refractivity contribution < 1.29 is 4.39 Å². The molecule has 1 unspecified atom stereocenters. The van der Waals surface area contributed by atoms with Gasteiger partial charge in [0, 0.05) is 4.47 Å². The summed E-state index contributed by atoms with van der Waals surface area (Å²) in [5.41, 5.74) is 5.86. The lowest BCUT2D eigenvalue weighted by molar-refractivity contribution is 0.523. The van der Waals surface area contributed by atoms with Crippen LogP contribution in [0.15, 0.2) is 28.7 Å². The summed E-state index contributed by atoms with van der Waals surface area (Å²) in [6.07, 6.45) is 0.446. The summed E-state index contributed by atoms with van der Waals surface area (Å²) in [4.78, 5) is 0. The van der Waals surface area contributed by atoms with Crippen molar-refractivity contribution in [2.45, 2.75) is 26.3 Å². The molecule has 1 atom stereocenters. The van der Waals surface area contributed by atoms with Gasteiger partial charge in [-0.25, -0.2) is 4.39 Å². The van der Waals surface area contributed by atoms with Crippen molar-refractivity contribution in [3.05, 3.63) is 57.1 Å². The molecule has 0 radical (unpaired) electrons. The van der Waals surface area contributed by atoms with Gasteiger partial charge in [0.1, 0.15) is 5.82 Å². The molecule has 0 saturated carbocycles.